The number of nitrogens with zero attached hydrogens (tertiary/aromatic N) is 1. The molecule has 16 heavy (non-hydrogen) atoms. The normalized spacial score (nSPS) is 25.3. The highest BCUT2D eigenvalue weighted by Gasteiger charge is 2.34. The largest absolute Gasteiger partial charge is 0.264 e. The van der Waals surface area contributed by atoms with Gasteiger partial charge in [-0.3, -0.25) is 10.1 Å². The van der Waals surface area contributed by atoms with Gasteiger partial charge in [-0.1, -0.05) is 30.2 Å². The Kier molecular flexibility index (Phi) is 3.44. The van der Waals surface area contributed by atoms with Crippen LogP contribution in [0.2, 0.25) is 5.02 Å². The van der Waals surface area contributed by atoms with Gasteiger partial charge in [-0.05, 0) is 30.5 Å². The number of benzene rings is 1. The van der Waals surface area contributed by atoms with Crippen molar-refractivity contribution < 1.29 is 4.92 Å². The molecule has 4 heteroatoms. The van der Waals surface area contributed by atoms with Gasteiger partial charge >= 0.3 is 0 Å². The number of rotatable bonds is 2. The molecule has 0 aliphatic heterocycles. The van der Waals surface area contributed by atoms with E-state index < -0.39 is 6.04 Å². The maximum Gasteiger partial charge on any atom is 0.219 e. The predicted octanol–water partition coefficient (Wildman–Crippen LogP) is 3.64. The molecule has 0 bridgehead atoms. The molecule has 0 aromatic heterocycles. The fraction of sp³-hybridized carbons (Fsp3) is 0.500. The van der Waals surface area contributed by atoms with Gasteiger partial charge < -0.3 is 0 Å². The standard InChI is InChI=1S/C12H14ClNO2/c13-10-5-3-4-9(8-10)11-6-1-2-7-12(11)14(15)16/h3-5,8,11-12H,1-2,6-7H2/t11-,12-/m0/s1. The molecular weight excluding hydrogens is 226 g/mol. The van der Waals surface area contributed by atoms with Gasteiger partial charge in [0.05, 0.1) is 5.92 Å². The van der Waals surface area contributed by atoms with Gasteiger partial charge in [0.2, 0.25) is 6.04 Å². The molecule has 0 radical (unpaired) electrons. The Morgan fingerprint density at radius 1 is 1.31 bits per heavy atom. The maximum absolute atomic E-state index is 11.0. The van der Waals surface area contributed by atoms with Gasteiger partial charge in [-0.15, -0.1) is 0 Å². The Labute approximate surface area is 99.6 Å². The molecule has 86 valence electrons. The second-order valence-electron chi connectivity index (χ2n) is 4.30. The molecule has 1 aromatic rings. The first kappa shape index (κ1) is 11.4. The van der Waals surface area contributed by atoms with Crippen LogP contribution in [0.15, 0.2) is 24.3 Å². The summed E-state index contributed by atoms with van der Waals surface area (Å²) < 4.78 is 0. The molecule has 0 N–H and O–H groups in total. The topological polar surface area (TPSA) is 43.1 Å². The van der Waals surface area contributed by atoms with E-state index in [0.717, 1.165) is 24.8 Å². The third-order valence-electron chi connectivity index (χ3n) is 3.28. The van der Waals surface area contributed by atoms with Crippen molar-refractivity contribution in [1.29, 1.82) is 0 Å². The fourth-order valence-corrected chi connectivity index (χ4v) is 2.69. The van der Waals surface area contributed by atoms with Gasteiger partial charge in [-0.25, -0.2) is 0 Å². The van der Waals surface area contributed by atoms with Crippen molar-refractivity contribution in [3.05, 3.63) is 45.0 Å². The molecule has 1 saturated carbocycles. The summed E-state index contributed by atoms with van der Waals surface area (Å²) in [6, 6.07) is 7.03. The van der Waals surface area contributed by atoms with E-state index in [9.17, 15) is 10.1 Å². The molecule has 1 aliphatic carbocycles. The lowest BCUT2D eigenvalue weighted by atomic mass is 9.80. The second kappa shape index (κ2) is 4.83. The predicted molar refractivity (Wildman–Crippen MR) is 63.4 cm³/mol. The van der Waals surface area contributed by atoms with Crippen molar-refractivity contribution in [3.8, 4) is 0 Å². The lowest BCUT2D eigenvalue weighted by Gasteiger charge is -2.25. The summed E-state index contributed by atoms with van der Waals surface area (Å²) >= 11 is 5.92. The Hall–Kier alpha value is -1.09. The highest BCUT2D eigenvalue weighted by molar-refractivity contribution is 6.30. The first-order valence-corrected chi connectivity index (χ1v) is 5.95. The van der Waals surface area contributed by atoms with Crippen LogP contribution in [0.4, 0.5) is 0 Å². The first-order chi connectivity index (χ1) is 7.68. The minimum atomic E-state index is -0.438. The molecule has 0 unspecified atom stereocenters. The molecule has 2 atom stereocenters. The summed E-state index contributed by atoms with van der Waals surface area (Å²) in [5.41, 5.74) is 1.01. The van der Waals surface area contributed by atoms with Crippen molar-refractivity contribution in [1.82, 2.24) is 0 Å². The van der Waals surface area contributed by atoms with Gasteiger partial charge in [0.15, 0.2) is 0 Å². The highest BCUT2D eigenvalue weighted by atomic mass is 35.5. The van der Waals surface area contributed by atoms with E-state index in [1.54, 1.807) is 6.07 Å². The smallest absolute Gasteiger partial charge is 0.219 e. The molecule has 0 saturated heterocycles. The average molecular weight is 240 g/mol. The van der Waals surface area contributed by atoms with Crippen molar-refractivity contribution >= 4 is 11.6 Å². The molecule has 0 spiro atoms. The van der Waals surface area contributed by atoms with Crippen molar-refractivity contribution in [2.24, 2.45) is 0 Å². The van der Waals surface area contributed by atoms with E-state index in [0.29, 0.717) is 11.4 Å². The Morgan fingerprint density at radius 2 is 2.06 bits per heavy atom. The number of hydrogen-bond donors (Lipinski definition) is 0. The Bertz CT molecular complexity index is 394. The Balaban J connectivity index is 2.26. The fourth-order valence-electron chi connectivity index (χ4n) is 2.49. The zero-order valence-electron chi connectivity index (χ0n) is 8.93. The second-order valence-corrected chi connectivity index (χ2v) is 4.74. The van der Waals surface area contributed by atoms with E-state index in [-0.39, 0.29) is 10.8 Å². The number of nitro groups is 1. The van der Waals surface area contributed by atoms with Crippen molar-refractivity contribution in [2.45, 2.75) is 37.6 Å². The van der Waals surface area contributed by atoms with Crippen LogP contribution in [0, 0.1) is 10.1 Å². The lowest BCUT2D eigenvalue weighted by molar-refractivity contribution is -0.530. The third kappa shape index (κ3) is 2.35. The SMILES string of the molecule is O=[N+]([O-])[C@H]1CCCC[C@H]1c1cccc(Cl)c1. The highest BCUT2D eigenvalue weighted by Crippen LogP contribution is 2.35. The molecule has 0 heterocycles. The van der Waals surface area contributed by atoms with Gasteiger partial charge in [-0.2, -0.15) is 0 Å². The van der Waals surface area contributed by atoms with Crippen LogP contribution in [-0.4, -0.2) is 11.0 Å². The molecule has 1 fully saturated rings. The van der Waals surface area contributed by atoms with Crippen LogP contribution >= 0.6 is 11.6 Å². The lowest BCUT2D eigenvalue weighted by Crippen LogP contribution is -2.30. The molecule has 1 aromatic carbocycles. The number of hydrogen-bond acceptors (Lipinski definition) is 2. The van der Waals surface area contributed by atoms with Crippen LogP contribution in [0.5, 0.6) is 0 Å². The summed E-state index contributed by atoms with van der Waals surface area (Å²) in [7, 11) is 0. The monoisotopic (exact) mass is 239 g/mol. The third-order valence-corrected chi connectivity index (χ3v) is 3.51. The summed E-state index contributed by atoms with van der Waals surface area (Å²) in [5, 5.41) is 11.7. The molecule has 2 rings (SSSR count). The van der Waals surface area contributed by atoms with Crippen molar-refractivity contribution in [2.75, 3.05) is 0 Å². The van der Waals surface area contributed by atoms with Gasteiger partial charge in [0.1, 0.15) is 0 Å². The van der Waals surface area contributed by atoms with E-state index in [2.05, 4.69) is 0 Å². The van der Waals surface area contributed by atoms with Gasteiger partial charge in [0, 0.05) is 16.4 Å². The van der Waals surface area contributed by atoms with Crippen LogP contribution in [-0.2, 0) is 0 Å². The van der Waals surface area contributed by atoms with Gasteiger partial charge in [0.25, 0.3) is 0 Å². The minimum Gasteiger partial charge on any atom is -0.264 e. The summed E-state index contributed by atoms with van der Waals surface area (Å²) in [6.07, 6.45) is 3.61. The zero-order chi connectivity index (χ0) is 11.5. The van der Waals surface area contributed by atoms with E-state index in [4.69, 9.17) is 11.6 Å². The Morgan fingerprint density at radius 3 is 2.75 bits per heavy atom. The summed E-state index contributed by atoms with van der Waals surface area (Å²) in [5.74, 6) is 0.0300. The van der Waals surface area contributed by atoms with Crippen LogP contribution < -0.4 is 0 Å². The van der Waals surface area contributed by atoms with Crippen molar-refractivity contribution in [3.63, 3.8) is 0 Å². The zero-order valence-corrected chi connectivity index (χ0v) is 9.69. The maximum atomic E-state index is 11.0. The quantitative estimate of drug-likeness (QED) is 0.584. The minimum absolute atomic E-state index is 0.0300. The molecule has 0 amide bonds. The average Bonchev–Trinajstić information content (AvgIpc) is 2.29. The van der Waals surface area contributed by atoms with E-state index in [1.807, 2.05) is 18.2 Å². The molecule has 3 nitrogen and oxygen atoms in total. The molecule has 1 aliphatic rings. The molecular formula is C12H14ClNO2. The summed E-state index contributed by atoms with van der Waals surface area (Å²) in [4.78, 5) is 10.9. The number of halogens is 1. The van der Waals surface area contributed by atoms with E-state index >= 15 is 0 Å². The van der Waals surface area contributed by atoms with Crippen LogP contribution in [0.25, 0.3) is 0 Å². The van der Waals surface area contributed by atoms with Crippen LogP contribution in [0.1, 0.15) is 37.2 Å². The first-order valence-electron chi connectivity index (χ1n) is 5.57. The van der Waals surface area contributed by atoms with Crippen LogP contribution in [0.3, 0.4) is 0 Å². The summed E-state index contributed by atoms with van der Waals surface area (Å²) in [6.45, 7) is 0. The van der Waals surface area contributed by atoms with E-state index in [1.165, 1.54) is 0 Å².